The van der Waals surface area contributed by atoms with Gasteiger partial charge < -0.3 is 4.74 Å². The maximum absolute atomic E-state index is 10.9. The molecule has 15 heavy (non-hydrogen) atoms. The first-order valence-electron chi connectivity index (χ1n) is 5.36. The van der Waals surface area contributed by atoms with E-state index in [0.29, 0.717) is 5.56 Å². The number of aryl methyl sites for hydroxylation is 1. The van der Waals surface area contributed by atoms with Crippen LogP contribution in [0.25, 0.3) is 0 Å². The summed E-state index contributed by atoms with van der Waals surface area (Å²) in [5, 5.41) is 4.37. The van der Waals surface area contributed by atoms with Crippen molar-refractivity contribution < 1.29 is 9.53 Å². The zero-order valence-electron chi connectivity index (χ0n) is 9.19. The van der Waals surface area contributed by atoms with Crippen LogP contribution in [0, 0.1) is 13.8 Å². The molecule has 0 aromatic carbocycles. The highest BCUT2D eigenvalue weighted by molar-refractivity contribution is 5.78. The third-order valence-electron chi connectivity index (χ3n) is 2.93. The van der Waals surface area contributed by atoms with Crippen molar-refractivity contribution in [1.29, 1.82) is 0 Å². The molecule has 0 spiro atoms. The van der Waals surface area contributed by atoms with Crippen LogP contribution in [-0.2, 0) is 4.74 Å². The molecule has 1 saturated heterocycles. The van der Waals surface area contributed by atoms with Crippen LogP contribution in [0.1, 0.15) is 47.2 Å². The van der Waals surface area contributed by atoms with Gasteiger partial charge in [-0.2, -0.15) is 5.10 Å². The van der Waals surface area contributed by atoms with Crippen molar-refractivity contribution in [1.82, 2.24) is 9.78 Å². The molecule has 1 atom stereocenters. The number of hydrogen-bond donors (Lipinski definition) is 0. The van der Waals surface area contributed by atoms with Crippen LogP contribution >= 0.6 is 0 Å². The van der Waals surface area contributed by atoms with Crippen LogP contribution in [0.5, 0.6) is 0 Å². The van der Waals surface area contributed by atoms with E-state index in [2.05, 4.69) is 5.10 Å². The lowest BCUT2D eigenvalue weighted by Gasteiger charge is -2.23. The van der Waals surface area contributed by atoms with Gasteiger partial charge in [0.2, 0.25) is 0 Å². The third-order valence-corrected chi connectivity index (χ3v) is 2.93. The highest BCUT2D eigenvalue weighted by atomic mass is 16.5. The lowest BCUT2D eigenvalue weighted by molar-refractivity contribution is -0.0408. The van der Waals surface area contributed by atoms with Gasteiger partial charge in [-0.25, -0.2) is 4.68 Å². The van der Waals surface area contributed by atoms with Gasteiger partial charge in [-0.15, -0.1) is 0 Å². The fraction of sp³-hybridized carbons (Fsp3) is 0.636. The molecule has 0 amide bonds. The molecule has 2 rings (SSSR count). The van der Waals surface area contributed by atoms with E-state index >= 15 is 0 Å². The van der Waals surface area contributed by atoms with Crippen LogP contribution < -0.4 is 0 Å². The van der Waals surface area contributed by atoms with E-state index in [1.54, 1.807) is 0 Å². The normalized spacial score (nSPS) is 21.6. The van der Waals surface area contributed by atoms with Crippen molar-refractivity contribution in [3.05, 3.63) is 17.0 Å². The van der Waals surface area contributed by atoms with Crippen molar-refractivity contribution in [3.63, 3.8) is 0 Å². The fourth-order valence-corrected chi connectivity index (χ4v) is 2.04. The molecule has 4 heteroatoms. The van der Waals surface area contributed by atoms with E-state index in [4.69, 9.17) is 4.74 Å². The quantitative estimate of drug-likeness (QED) is 0.698. The Labute approximate surface area is 89.2 Å². The van der Waals surface area contributed by atoms with E-state index in [9.17, 15) is 4.79 Å². The lowest BCUT2D eigenvalue weighted by atomic mass is 10.2. The Morgan fingerprint density at radius 3 is 2.80 bits per heavy atom. The monoisotopic (exact) mass is 208 g/mol. The number of hydrogen-bond acceptors (Lipinski definition) is 3. The summed E-state index contributed by atoms with van der Waals surface area (Å²) in [4.78, 5) is 10.9. The SMILES string of the molecule is Cc1nn(C2CCCCO2)c(C)c1C=O. The second-order valence-electron chi connectivity index (χ2n) is 3.97. The number of ether oxygens (including phenoxy) is 1. The van der Waals surface area contributed by atoms with Crippen molar-refractivity contribution in [2.24, 2.45) is 0 Å². The summed E-state index contributed by atoms with van der Waals surface area (Å²) >= 11 is 0. The molecule has 4 nitrogen and oxygen atoms in total. The Morgan fingerprint density at radius 2 is 2.27 bits per heavy atom. The molecular weight excluding hydrogens is 192 g/mol. The predicted octanol–water partition coefficient (Wildman–Crippen LogP) is 2.01. The molecule has 0 radical (unpaired) electrons. The number of aldehydes is 1. The lowest BCUT2D eigenvalue weighted by Crippen LogP contribution is -2.20. The smallest absolute Gasteiger partial charge is 0.153 e. The zero-order chi connectivity index (χ0) is 10.8. The van der Waals surface area contributed by atoms with Crippen LogP contribution in [0.3, 0.4) is 0 Å². The zero-order valence-corrected chi connectivity index (χ0v) is 9.19. The highest BCUT2D eigenvalue weighted by Crippen LogP contribution is 2.24. The second-order valence-corrected chi connectivity index (χ2v) is 3.97. The van der Waals surface area contributed by atoms with Gasteiger partial charge in [0.25, 0.3) is 0 Å². The first-order chi connectivity index (χ1) is 7.24. The van der Waals surface area contributed by atoms with Gasteiger partial charge in [0.1, 0.15) is 6.23 Å². The summed E-state index contributed by atoms with van der Waals surface area (Å²) in [6, 6.07) is 0. The molecular formula is C11H16N2O2. The van der Waals surface area contributed by atoms with Crippen LogP contribution in [0.2, 0.25) is 0 Å². The summed E-state index contributed by atoms with van der Waals surface area (Å²) in [6.45, 7) is 4.57. The minimum Gasteiger partial charge on any atom is -0.357 e. The predicted molar refractivity (Wildman–Crippen MR) is 55.9 cm³/mol. The Hall–Kier alpha value is -1.16. The molecule has 1 aromatic heterocycles. The molecule has 1 aliphatic heterocycles. The van der Waals surface area contributed by atoms with E-state index < -0.39 is 0 Å². The summed E-state index contributed by atoms with van der Waals surface area (Å²) in [7, 11) is 0. The van der Waals surface area contributed by atoms with E-state index in [-0.39, 0.29) is 6.23 Å². The maximum Gasteiger partial charge on any atom is 0.153 e. The number of nitrogens with zero attached hydrogens (tertiary/aromatic N) is 2. The molecule has 1 unspecified atom stereocenters. The molecule has 1 aliphatic rings. The molecule has 0 saturated carbocycles. The minimum atomic E-state index is 0.0196. The van der Waals surface area contributed by atoms with Gasteiger partial charge in [0.05, 0.1) is 11.3 Å². The summed E-state index contributed by atoms with van der Waals surface area (Å²) in [5.41, 5.74) is 2.40. The largest absolute Gasteiger partial charge is 0.357 e. The molecule has 82 valence electrons. The Morgan fingerprint density at radius 1 is 1.47 bits per heavy atom. The fourth-order valence-electron chi connectivity index (χ4n) is 2.04. The van der Waals surface area contributed by atoms with Gasteiger partial charge in [-0.05, 0) is 33.1 Å². The summed E-state index contributed by atoms with van der Waals surface area (Å²) in [6.07, 6.45) is 4.17. The highest BCUT2D eigenvalue weighted by Gasteiger charge is 2.20. The Bertz CT molecular complexity index is 365. The molecule has 1 fully saturated rings. The van der Waals surface area contributed by atoms with Gasteiger partial charge >= 0.3 is 0 Å². The summed E-state index contributed by atoms with van der Waals surface area (Å²) in [5.74, 6) is 0. The van der Waals surface area contributed by atoms with E-state index in [1.807, 2.05) is 18.5 Å². The number of aromatic nitrogens is 2. The van der Waals surface area contributed by atoms with Crippen LogP contribution in [0.15, 0.2) is 0 Å². The molecule has 1 aromatic rings. The first-order valence-corrected chi connectivity index (χ1v) is 5.36. The van der Waals surface area contributed by atoms with Crippen molar-refractivity contribution in [3.8, 4) is 0 Å². The van der Waals surface area contributed by atoms with Crippen LogP contribution in [-0.4, -0.2) is 22.7 Å². The topological polar surface area (TPSA) is 44.1 Å². The standard InChI is InChI=1S/C11H16N2O2/c1-8-10(7-14)9(2)13(12-8)11-5-3-4-6-15-11/h7,11H,3-6H2,1-2H3. The molecule has 0 N–H and O–H groups in total. The maximum atomic E-state index is 10.9. The van der Waals surface area contributed by atoms with Crippen molar-refractivity contribution in [2.45, 2.75) is 39.3 Å². The van der Waals surface area contributed by atoms with Gasteiger partial charge in [0.15, 0.2) is 6.29 Å². The Balaban J connectivity index is 2.31. The van der Waals surface area contributed by atoms with Crippen LogP contribution in [0.4, 0.5) is 0 Å². The third kappa shape index (κ3) is 1.81. The summed E-state index contributed by atoms with van der Waals surface area (Å²) < 4.78 is 7.49. The minimum absolute atomic E-state index is 0.0196. The van der Waals surface area contributed by atoms with E-state index in [0.717, 1.165) is 37.1 Å². The van der Waals surface area contributed by atoms with Gasteiger partial charge in [-0.3, -0.25) is 4.79 Å². The number of carbonyl (C=O) groups excluding carboxylic acids is 1. The number of carbonyl (C=O) groups is 1. The number of rotatable bonds is 2. The molecule has 0 aliphatic carbocycles. The van der Waals surface area contributed by atoms with E-state index in [1.165, 1.54) is 6.42 Å². The average molecular weight is 208 g/mol. The average Bonchev–Trinajstić information content (AvgIpc) is 2.55. The van der Waals surface area contributed by atoms with Crippen molar-refractivity contribution >= 4 is 6.29 Å². The molecule has 0 bridgehead atoms. The van der Waals surface area contributed by atoms with Gasteiger partial charge in [-0.1, -0.05) is 0 Å². The molecule has 2 heterocycles. The first kappa shape index (κ1) is 10.4. The van der Waals surface area contributed by atoms with Crippen molar-refractivity contribution in [2.75, 3.05) is 6.61 Å². The second kappa shape index (κ2) is 4.14. The Kier molecular flexibility index (Phi) is 2.86. The van der Waals surface area contributed by atoms with Gasteiger partial charge in [0, 0.05) is 12.3 Å².